The van der Waals surface area contributed by atoms with E-state index in [9.17, 15) is 0 Å². The Morgan fingerprint density at radius 3 is 2.94 bits per heavy atom. The highest BCUT2D eigenvalue weighted by Gasteiger charge is 2.21. The summed E-state index contributed by atoms with van der Waals surface area (Å²) in [6, 6.07) is 2.59. The second kappa shape index (κ2) is 4.62. The molecule has 0 bridgehead atoms. The van der Waals surface area contributed by atoms with Gasteiger partial charge in [0.15, 0.2) is 0 Å². The van der Waals surface area contributed by atoms with Crippen LogP contribution < -0.4 is 5.73 Å². The molecule has 0 fully saturated rings. The van der Waals surface area contributed by atoms with Crippen molar-refractivity contribution in [2.45, 2.75) is 59.0 Å². The zero-order valence-corrected chi connectivity index (χ0v) is 10.8. The van der Waals surface area contributed by atoms with Gasteiger partial charge in [-0.3, -0.25) is 0 Å². The van der Waals surface area contributed by atoms with Crippen LogP contribution in [0.2, 0.25) is 0 Å². The van der Waals surface area contributed by atoms with Crippen molar-refractivity contribution in [1.29, 1.82) is 0 Å². The molecule has 2 nitrogen and oxygen atoms in total. The summed E-state index contributed by atoms with van der Waals surface area (Å²) in [5.41, 5.74) is 10.5. The lowest BCUT2D eigenvalue weighted by Gasteiger charge is -2.21. The molecule has 1 aliphatic carbocycles. The summed E-state index contributed by atoms with van der Waals surface area (Å²) in [5, 5.41) is 0. The number of rotatable bonds is 3. The number of aryl methyl sites for hydroxylation is 1. The average Bonchev–Trinajstić information content (AvgIpc) is 2.53. The highest BCUT2D eigenvalue weighted by atomic mass is 15.0. The van der Waals surface area contributed by atoms with Gasteiger partial charge < -0.3 is 10.3 Å². The number of aromatic nitrogens is 1. The Morgan fingerprint density at radius 1 is 1.50 bits per heavy atom. The first-order chi connectivity index (χ1) is 7.59. The Hall–Kier alpha value is -0.760. The van der Waals surface area contributed by atoms with Gasteiger partial charge in [0.2, 0.25) is 0 Å². The number of fused-ring (bicyclic) bond motifs is 1. The van der Waals surface area contributed by atoms with Crippen LogP contribution in [0.15, 0.2) is 6.07 Å². The van der Waals surface area contributed by atoms with Gasteiger partial charge in [0.05, 0.1) is 0 Å². The van der Waals surface area contributed by atoms with Crippen LogP contribution in [-0.2, 0) is 13.0 Å². The maximum atomic E-state index is 6.17. The topological polar surface area (TPSA) is 30.9 Å². The molecule has 0 saturated heterocycles. The monoisotopic (exact) mass is 220 g/mol. The molecule has 0 saturated carbocycles. The second-order valence-electron chi connectivity index (χ2n) is 5.52. The molecule has 1 aromatic heterocycles. The Morgan fingerprint density at radius 2 is 2.25 bits per heavy atom. The molecule has 90 valence electrons. The smallest absolute Gasteiger partial charge is 0.0313 e. The molecule has 0 radical (unpaired) electrons. The Kier molecular flexibility index (Phi) is 3.38. The normalized spacial score (nSPS) is 20.2. The summed E-state index contributed by atoms with van der Waals surface area (Å²) in [6.07, 6.45) is 4.88. The molecule has 0 aliphatic heterocycles. The first-order valence-corrected chi connectivity index (χ1v) is 6.54. The lowest BCUT2D eigenvalue weighted by atomic mass is 9.93. The molecule has 2 heteroatoms. The Balaban J connectivity index is 2.24. The quantitative estimate of drug-likeness (QED) is 0.833. The number of nitrogens with two attached hydrogens (primary N) is 1. The molecule has 16 heavy (non-hydrogen) atoms. The van der Waals surface area contributed by atoms with Crippen LogP contribution in [0.25, 0.3) is 0 Å². The molecule has 2 N–H and O–H groups in total. The summed E-state index contributed by atoms with van der Waals surface area (Å²) < 4.78 is 2.49. The maximum absolute atomic E-state index is 6.17. The molecule has 0 spiro atoms. The Labute approximate surface area is 98.8 Å². The van der Waals surface area contributed by atoms with Crippen LogP contribution in [0.1, 0.15) is 56.1 Å². The Bertz CT molecular complexity index is 363. The minimum absolute atomic E-state index is 0.280. The van der Waals surface area contributed by atoms with Gasteiger partial charge in [-0.15, -0.1) is 0 Å². The van der Waals surface area contributed by atoms with Crippen molar-refractivity contribution in [2.75, 3.05) is 0 Å². The summed E-state index contributed by atoms with van der Waals surface area (Å²) in [6.45, 7) is 7.95. The third kappa shape index (κ3) is 2.17. The molecular weight excluding hydrogens is 196 g/mol. The summed E-state index contributed by atoms with van der Waals surface area (Å²) in [5.74, 6) is 0.773. The molecule has 0 amide bonds. The van der Waals surface area contributed by atoms with Gasteiger partial charge in [-0.2, -0.15) is 0 Å². The van der Waals surface area contributed by atoms with Crippen molar-refractivity contribution in [2.24, 2.45) is 11.7 Å². The number of nitrogens with zero attached hydrogens (tertiary/aromatic N) is 1. The summed E-state index contributed by atoms with van der Waals surface area (Å²) >= 11 is 0. The summed E-state index contributed by atoms with van der Waals surface area (Å²) in [4.78, 5) is 0. The molecule has 1 aliphatic rings. The SMILES string of the molecule is Cc1cc2c(n1CCC(C)C)CCCC2N. The van der Waals surface area contributed by atoms with Crippen LogP contribution in [0.4, 0.5) is 0 Å². The van der Waals surface area contributed by atoms with Gasteiger partial charge in [0.25, 0.3) is 0 Å². The van der Waals surface area contributed by atoms with Crippen molar-refractivity contribution in [3.05, 3.63) is 23.0 Å². The van der Waals surface area contributed by atoms with Gasteiger partial charge in [0.1, 0.15) is 0 Å². The largest absolute Gasteiger partial charge is 0.349 e. The van der Waals surface area contributed by atoms with Crippen molar-refractivity contribution in [1.82, 2.24) is 4.57 Å². The van der Waals surface area contributed by atoms with Gasteiger partial charge >= 0.3 is 0 Å². The van der Waals surface area contributed by atoms with Gasteiger partial charge in [-0.05, 0) is 50.2 Å². The maximum Gasteiger partial charge on any atom is 0.0313 e. The third-order valence-electron chi connectivity index (χ3n) is 3.71. The van der Waals surface area contributed by atoms with Crippen LogP contribution in [0, 0.1) is 12.8 Å². The molecule has 2 rings (SSSR count). The lowest BCUT2D eigenvalue weighted by molar-refractivity contribution is 0.484. The standard InChI is InChI=1S/C14H24N2/c1-10(2)7-8-16-11(3)9-12-13(15)5-4-6-14(12)16/h9-10,13H,4-8,15H2,1-3H3. The van der Waals surface area contributed by atoms with E-state index in [2.05, 4.69) is 31.4 Å². The minimum atomic E-state index is 0.280. The molecule has 1 unspecified atom stereocenters. The molecule has 1 aromatic rings. The van der Waals surface area contributed by atoms with Crippen molar-refractivity contribution in [3.63, 3.8) is 0 Å². The lowest BCUT2D eigenvalue weighted by Crippen LogP contribution is -2.18. The van der Waals surface area contributed by atoms with E-state index in [1.807, 2.05) is 0 Å². The molecule has 1 heterocycles. The molecule has 1 atom stereocenters. The van der Waals surface area contributed by atoms with Crippen LogP contribution in [-0.4, -0.2) is 4.57 Å². The van der Waals surface area contributed by atoms with E-state index in [1.54, 1.807) is 0 Å². The van der Waals surface area contributed by atoms with Gasteiger partial charge in [0, 0.05) is 24.0 Å². The first-order valence-electron chi connectivity index (χ1n) is 6.54. The minimum Gasteiger partial charge on any atom is -0.349 e. The summed E-state index contributed by atoms with van der Waals surface area (Å²) in [7, 11) is 0. The fraction of sp³-hybridized carbons (Fsp3) is 0.714. The average molecular weight is 220 g/mol. The fourth-order valence-corrected chi connectivity index (χ4v) is 2.70. The van der Waals surface area contributed by atoms with E-state index in [0.29, 0.717) is 0 Å². The van der Waals surface area contributed by atoms with Crippen molar-refractivity contribution < 1.29 is 0 Å². The molecular formula is C14H24N2. The van der Waals surface area contributed by atoms with E-state index < -0.39 is 0 Å². The van der Waals surface area contributed by atoms with Gasteiger partial charge in [-0.25, -0.2) is 0 Å². The van der Waals surface area contributed by atoms with Crippen LogP contribution >= 0.6 is 0 Å². The van der Waals surface area contributed by atoms with Crippen molar-refractivity contribution >= 4 is 0 Å². The van der Waals surface area contributed by atoms with E-state index in [4.69, 9.17) is 5.73 Å². The second-order valence-corrected chi connectivity index (χ2v) is 5.52. The van der Waals surface area contributed by atoms with Crippen LogP contribution in [0.5, 0.6) is 0 Å². The first kappa shape index (κ1) is 11.7. The highest BCUT2D eigenvalue weighted by molar-refractivity contribution is 5.32. The van der Waals surface area contributed by atoms with E-state index in [1.165, 1.54) is 36.2 Å². The number of hydrogen-bond acceptors (Lipinski definition) is 1. The van der Waals surface area contributed by atoms with Crippen molar-refractivity contribution in [3.8, 4) is 0 Å². The van der Waals surface area contributed by atoms with Gasteiger partial charge in [-0.1, -0.05) is 13.8 Å². The van der Waals surface area contributed by atoms with E-state index >= 15 is 0 Å². The predicted molar refractivity (Wildman–Crippen MR) is 68.5 cm³/mol. The highest BCUT2D eigenvalue weighted by Crippen LogP contribution is 2.31. The van der Waals surface area contributed by atoms with Crippen LogP contribution in [0.3, 0.4) is 0 Å². The van der Waals surface area contributed by atoms with E-state index in [0.717, 1.165) is 18.9 Å². The fourth-order valence-electron chi connectivity index (χ4n) is 2.70. The predicted octanol–water partition coefficient (Wildman–Crippen LogP) is 3.18. The third-order valence-corrected chi connectivity index (χ3v) is 3.71. The number of hydrogen-bond donors (Lipinski definition) is 1. The zero-order valence-electron chi connectivity index (χ0n) is 10.8. The zero-order chi connectivity index (χ0) is 11.7. The molecule has 0 aromatic carbocycles. The van der Waals surface area contributed by atoms with E-state index in [-0.39, 0.29) is 6.04 Å².